The monoisotopic (exact) mass is 139 g/mol. The molecule has 10 heavy (non-hydrogen) atoms. The largest absolute Gasteiger partial charge is 0.313 e. The van der Waals surface area contributed by atoms with Gasteiger partial charge in [0.2, 0.25) is 0 Å². The van der Waals surface area contributed by atoms with Gasteiger partial charge in [-0.2, -0.15) is 0 Å². The highest BCUT2D eigenvalue weighted by Gasteiger charge is 1.95. The van der Waals surface area contributed by atoms with E-state index in [1.54, 1.807) is 0 Å². The third kappa shape index (κ3) is 5.65. The molecule has 58 valence electrons. The van der Waals surface area contributed by atoms with E-state index in [1.807, 2.05) is 0 Å². The Balaban J connectivity index is 3.06. The van der Waals surface area contributed by atoms with Crippen molar-refractivity contribution in [1.29, 1.82) is 0 Å². The molecule has 0 aliphatic heterocycles. The van der Waals surface area contributed by atoms with Crippen LogP contribution in [0.3, 0.4) is 0 Å². The number of nitrogens with one attached hydrogen (secondary N) is 1. The maximum absolute atomic E-state index is 5.10. The Morgan fingerprint density at radius 3 is 2.80 bits per heavy atom. The zero-order chi connectivity index (χ0) is 7.82. The average molecular weight is 139 g/mol. The number of terminal acetylenes is 1. The van der Waals surface area contributed by atoms with Crippen LogP contribution >= 0.6 is 0 Å². The van der Waals surface area contributed by atoms with Crippen LogP contribution in [-0.2, 0) is 0 Å². The van der Waals surface area contributed by atoms with Gasteiger partial charge in [0.15, 0.2) is 0 Å². The van der Waals surface area contributed by atoms with E-state index in [9.17, 15) is 0 Å². The first-order valence-electron chi connectivity index (χ1n) is 3.98. The van der Waals surface area contributed by atoms with E-state index in [2.05, 4.69) is 25.1 Å². The molecular weight excluding hydrogens is 122 g/mol. The summed E-state index contributed by atoms with van der Waals surface area (Å²) < 4.78 is 0. The predicted octanol–water partition coefficient (Wildman–Crippen LogP) is 1.79. The zero-order valence-corrected chi connectivity index (χ0v) is 6.98. The number of rotatable bonds is 5. The van der Waals surface area contributed by atoms with E-state index in [4.69, 9.17) is 6.42 Å². The number of hydrogen-bond donors (Lipinski definition) is 1. The van der Waals surface area contributed by atoms with Gasteiger partial charge < -0.3 is 5.32 Å². The van der Waals surface area contributed by atoms with Crippen LogP contribution in [0.1, 0.15) is 33.1 Å². The lowest BCUT2D eigenvalue weighted by Crippen LogP contribution is -2.26. The van der Waals surface area contributed by atoms with Gasteiger partial charge in [-0.15, -0.1) is 12.3 Å². The van der Waals surface area contributed by atoms with Gasteiger partial charge in [0, 0.05) is 19.0 Å². The molecule has 1 nitrogen and oxygen atoms in total. The molecule has 0 aromatic heterocycles. The maximum atomic E-state index is 5.10. The van der Waals surface area contributed by atoms with Crippen molar-refractivity contribution in [3.63, 3.8) is 0 Å². The fourth-order valence-electron chi connectivity index (χ4n) is 0.926. The number of hydrogen-bond acceptors (Lipinski definition) is 1. The van der Waals surface area contributed by atoms with Gasteiger partial charge in [-0.3, -0.25) is 0 Å². The minimum absolute atomic E-state index is 0.623. The maximum Gasteiger partial charge on any atom is 0.0211 e. The van der Waals surface area contributed by atoms with Crippen LogP contribution in [-0.4, -0.2) is 12.6 Å². The van der Waals surface area contributed by atoms with Gasteiger partial charge in [-0.25, -0.2) is 0 Å². The molecule has 0 radical (unpaired) electrons. The van der Waals surface area contributed by atoms with E-state index in [1.165, 1.54) is 12.8 Å². The Morgan fingerprint density at radius 2 is 2.30 bits per heavy atom. The molecule has 0 rings (SSSR count). The molecule has 0 amide bonds. The summed E-state index contributed by atoms with van der Waals surface area (Å²) in [4.78, 5) is 0. The Hall–Kier alpha value is -0.480. The van der Waals surface area contributed by atoms with E-state index >= 15 is 0 Å². The Labute approximate surface area is 64.2 Å². The van der Waals surface area contributed by atoms with Crippen molar-refractivity contribution in [3.8, 4) is 12.3 Å². The first kappa shape index (κ1) is 9.52. The Bertz CT molecular complexity index is 102. The van der Waals surface area contributed by atoms with Crippen LogP contribution in [0.15, 0.2) is 0 Å². The first-order chi connectivity index (χ1) is 4.81. The van der Waals surface area contributed by atoms with Crippen molar-refractivity contribution >= 4 is 0 Å². The molecule has 0 aromatic rings. The minimum Gasteiger partial charge on any atom is -0.313 e. The lowest BCUT2D eigenvalue weighted by Gasteiger charge is -2.10. The molecule has 1 unspecified atom stereocenters. The molecule has 1 N–H and O–H groups in total. The molecule has 1 heteroatoms. The normalized spacial score (nSPS) is 12.5. The molecule has 0 bridgehead atoms. The Kier molecular flexibility index (Phi) is 6.32. The van der Waals surface area contributed by atoms with E-state index < -0.39 is 0 Å². The highest BCUT2D eigenvalue weighted by Crippen LogP contribution is 1.93. The van der Waals surface area contributed by atoms with Crippen LogP contribution in [0.2, 0.25) is 0 Å². The van der Waals surface area contributed by atoms with Crippen molar-refractivity contribution in [2.45, 2.75) is 39.2 Å². The lowest BCUT2D eigenvalue weighted by atomic mass is 10.2. The molecular formula is C9H17N. The molecule has 0 aromatic carbocycles. The van der Waals surface area contributed by atoms with Crippen LogP contribution < -0.4 is 5.32 Å². The molecule has 0 aliphatic rings. The lowest BCUT2D eigenvalue weighted by molar-refractivity contribution is 0.516. The predicted molar refractivity (Wildman–Crippen MR) is 45.8 cm³/mol. The van der Waals surface area contributed by atoms with Gasteiger partial charge >= 0.3 is 0 Å². The standard InChI is InChI=1S/C9H17N/c1-4-6-8-10-9(3)7-5-2/h1,9-10H,5-8H2,2-3H3. The van der Waals surface area contributed by atoms with Crippen LogP contribution in [0.5, 0.6) is 0 Å². The molecule has 0 saturated heterocycles. The minimum atomic E-state index is 0.623. The summed E-state index contributed by atoms with van der Waals surface area (Å²) in [6, 6.07) is 0.623. The third-order valence-corrected chi connectivity index (χ3v) is 1.48. The van der Waals surface area contributed by atoms with E-state index in [0.29, 0.717) is 6.04 Å². The second-order valence-electron chi connectivity index (χ2n) is 2.60. The summed E-state index contributed by atoms with van der Waals surface area (Å²) in [6.07, 6.45) is 8.42. The summed E-state index contributed by atoms with van der Waals surface area (Å²) >= 11 is 0. The molecule has 0 aliphatic carbocycles. The molecule has 1 atom stereocenters. The van der Waals surface area contributed by atoms with Crippen LogP contribution in [0.25, 0.3) is 0 Å². The molecule has 0 heterocycles. The SMILES string of the molecule is C#CCCNC(C)CCC. The fourth-order valence-corrected chi connectivity index (χ4v) is 0.926. The van der Waals surface area contributed by atoms with Gasteiger partial charge in [-0.1, -0.05) is 13.3 Å². The Morgan fingerprint density at radius 1 is 1.60 bits per heavy atom. The summed E-state index contributed by atoms with van der Waals surface area (Å²) in [7, 11) is 0. The highest BCUT2D eigenvalue weighted by molar-refractivity contribution is 4.84. The summed E-state index contributed by atoms with van der Waals surface area (Å²) in [5.41, 5.74) is 0. The van der Waals surface area contributed by atoms with Gasteiger partial charge in [-0.05, 0) is 13.3 Å². The van der Waals surface area contributed by atoms with Gasteiger partial charge in [0.05, 0.1) is 0 Å². The van der Waals surface area contributed by atoms with Crippen molar-refractivity contribution in [2.24, 2.45) is 0 Å². The fraction of sp³-hybridized carbons (Fsp3) is 0.778. The molecule has 0 fully saturated rings. The van der Waals surface area contributed by atoms with Crippen molar-refractivity contribution in [2.75, 3.05) is 6.54 Å². The summed E-state index contributed by atoms with van der Waals surface area (Å²) in [5.74, 6) is 2.60. The van der Waals surface area contributed by atoms with Crippen molar-refractivity contribution in [1.82, 2.24) is 5.32 Å². The van der Waals surface area contributed by atoms with Crippen LogP contribution in [0, 0.1) is 12.3 Å². The highest BCUT2D eigenvalue weighted by atomic mass is 14.9. The quantitative estimate of drug-likeness (QED) is 0.452. The second-order valence-corrected chi connectivity index (χ2v) is 2.60. The average Bonchev–Trinajstić information content (AvgIpc) is 1.89. The van der Waals surface area contributed by atoms with E-state index in [-0.39, 0.29) is 0 Å². The van der Waals surface area contributed by atoms with Gasteiger partial charge in [0.25, 0.3) is 0 Å². The first-order valence-corrected chi connectivity index (χ1v) is 3.98. The molecule has 0 saturated carbocycles. The smallest absolute Gasteiger partial charge is 0.0211 e. The molecule has 0 spiro atoms. The van der Waals surface area contributed by atoms with Crippen molar-refractivity contribution < 1.29 is 0 Å². The van der Waals surface area contributed by atoms with E-state index in [0.717, 1.165) is 13.0 Å². The topological polar surface area (TPSA) is 12.0 Å². The summed E-state index contributed by atoms with van der Waals surface area (Å²) in [5, 5.41) is 3.34. The summed E-state index contributed by atoms with van der Waals surface area (Å²) in [6.45, 7) is 5.34. The third-order valence-electron chi connectivity index (χ3n) is 1.48. The van der Waals surface area contributed by atoms with Gasteiger partial charge in [0.1, 0.15) is 0 Å². The van der Waals surface area contributed by atoms with Crippen molar-refractivity contribution in [3.05, 3.63) is 0 Å². The zero-order valence-electron chi connectivity index (χ0n) is 6.98. The van der Waals surface area contributed by atoms with Crippen LogP contribution in [0.4, 0.5) is 0 Å². The second kappa shape index (κ2) is 6.64.